The van der Waals surface area contributed by atoms with Gasteiger partial charge in [0.05, 0.1) is 29.8 Å². The standard InChI is InChI=1S/C35H46FN5O11S2/c1-7-22-15-35(22,31(44)38-54(49,50)24-12-13-24)16-29(42)28-14-23(51-33(46)40-17-21-10-9-11-26(36)25(21)19-40)18-41(28)30(43)27(20-39(6)53(47,48)8-2)37-32(45)52-34(3,4)5/h7-11,22-24,27-28H,1-2,12-20H2,3-6H3,(H,37,45)(H,38,44)/t22-,23-,27+,28?,35-/m1/s1. The van der Waals surface area contributed by atoms with E-state index in [1.807, 2.05) is 0 Å². The van der Waals surface area contributed by atoms with E-state index in [0.29, 0.717) is 29.4 Å². The number of benzene rings is 1. The smallest absolute Gasteiger partial charge is 0.410 e. The molecule has 2 aliphatic carbocycles. The molecule has 16 nitrogen and oxygen atoms in total. The summed E-state index contributed by atoms with van der Waals surface area (Å²) >= 11 is 0. The van der Waals surface area contributed by atoms with Crippen molar-refractivity contribution in [2.75, 3.05) is 20.1 Å². The molecule has 0 radical (unpaired) electrons. The van der Waals surface area contributed by atoms with E-state index in [-0.39, 0.29) is 32.5 Å². The Morgan fingerprint density at radius 2 is 1.80 bits per heavy atom. The van der Waals surface area contributed by atoms with Crippen LogP contribution in [0.25, 0.3) is 0 Å². The molecule has 0 spiro atoms. The van der Waals surface area contributed by atoms with E-state index in [9.17, 15) is 45.2 Å². The number of allylic oxidation sites excluding steroid dienone is 1. The third kappa shape index (κ3) is 8.94. The van der Waals surface area contributed by atoms with Gasteiger partial charge in [0.25, 0.3) is 0 Å². The van der Waals surface area contributed by atoms with Crippen LogP contribution in [0.2, 0.25) is 0 Å². The summed E-state index contributed by atoms with van der Waals surface area (Å²) in [6.07, 6.45) is -1.38. The van der Waals surface area contributed by atoms with Gasteiger partial charge in [-0.3, -0.25) is 24.0 Å². The van der Waals surface area contributed by atoms with Crippen LogP contribution in [0.15, 0.2) is 42.8 Å². The SMILES string of the molecule is C=C[C@@H]1C[C@]1(CC(=O)C1C[C@@H](OC(=O)N2Cc3cccc(F)c3C2)CN1C(=O)[C@H](CN(C)S(=O)(=O)C=C)NC(=O)OC(C)(C)C)C(=O)NS(=O)(=O)C1CC1. The van der Waals surface area contributed by atoms with Gasteiger partial charge in [-0.1, -0.05) is 24.8 Å². The van der Waals surface area contributed by atoms with Gasteiger partial charge in [-0.2, -0.15) is 4.31 Å². The van der Waals surface area contributed by atoms with Gasteiger partial charge in [-0.05, 0) is 57.6 Å². The second-order valence-electron chi connectivity index (χ2n) is 15.2. The fourth-order valence-corrected chi connectivity index (χ4v) is 8.79. The summed E-state index contributed by atoms with van der Waals surface area (Å²) in [5.74, 6) is -3.49. The number of amides is 4. The van der Waals surface area contributed by atoms with Crippen molar-refractivity contribution in [1.29, 1.82) is 0 Å². The molecule has 4 amide bonds. The second-order valence-corrected chi connectivity index (χ2v) is 19.1. The van der Waals surface area contributed by atoms with E-state index in [1.54, 1.807) is 26.8 Å². The highest BCUT2D eigenvalue weighted by atomic mass is 32.2. The molecule has 0 bridgehead atoms. The number of likely N-dealkylation sites (tertiary alicyclic amines) is 1. The first-order valence-electron chi connectivity index (χ1n) is 17.4. The van der Waals surface area contributed by atoms with E-state index >= 15 is 0 Å². The highest BCUT2D eigenvalue weighted by Gasteiger charge is 2.61. The van der Waals surface area contributed by atoms with Crippen molar-refractivity contribution >= 4 is 49.8 Å². The van der Waals surface area contributed by atoms with Crippen LogP contribution < -0.4 is 10.0 Å². The van der Waals surface area contributed by atoms with Crippen molar-refractivity contribution < 1.29 is 54.7 Å². The van der Waals surface area contributed by atoms with Crippen molar-refractivity contribution in [1.82, 2.24) is 24.1 Å². The van der Waals surface area contributed by atoms with Gasteiger partial charge in [0.2, 0.25) is 31.9 Å². The lowest BCUT2D eigenvalue weighted by atomic mass is 9.91. The summed E-state index contributed by atoms with van der Waals surface area (Å²) < 4.78 is 78.9. The van der Waals surface area contributed by atoms with Gasteiger partial charge < -0.3 is 19.7 Å². The Hall–Kier alpha value is -4.36. The fraction of sp³-hybridized carbons (Fsp3) is 0.571. The Labute approximate surface area is 314 Å². The van der Waals surface area contributed by atoms with Crippen molar-refractivity contribution in [3.05, 3.63) is 59.8 Å². The number of ketones is 1. The Bertz CT molecular complexity index is 1960. The third-order valence-electron chi connectivity index (χ3n) is 10.0. The molecule has 5 atom stereocenters. The molecule has 2 aliphatic heterocycles. The molecule has 2 heterocycles. The number of likely N-dealkylation sites (N-methyl/N-ethyl adjacent to an activating group) is 1. The molecule has 1 aromatic carbocycles. The van der Waals surface area contributed by atoms with Crippen molar-refractivity contribution in [3.63, 3.8) is 0 Å². The number of rotatable bonds is 14. The van der Waals surface area contributed by atoms with Gasteiger partial charge in [0.15, 0.2) is 5.78 Å². The number of alkyl carbamates (subject to hydrolysis) is 1. The minimum absolute atomic E-state index is 0.0555. The summed E-state index contributed by atoms with van der Waals surface area (Å²) in [6, 6.07) is 1.49. The molecule has 296 valence electrons. The normalized spacial score (nSPS) is 24.3. The monoisotopic (exact) mass is 795 g/mol. The highest BCUT2D eigenvalue weighted by molar-refractivity contribution is 7.92. The third-order valence-corrected chi connectivity index (χ3v) is 13.3. The minimum atomic E-state index is -4.10. The summed E-state index contributed by atoms with van der Waals surface area (Å²) in [5, 5.41) is 2.34. The zero-order valence-corrected chi connectivity index (χ0v) is 32.2. The average molecular weight is 796 g/mol. The van der Waals surface area contributed by atoms with Crippen molar-refractivity contribution in [2.24, 2.45) is 11.3 Å². The molecule has 2 N–H and O–H groups in total. The van der Waals surface area contributed by atoms with Crippen molar-refractivity contribution in [2.45, 2.75) is 95.0 Å². The number of sulfonamides is 2. The van der Waals surface area contributed by atoms with Crippen LogP contribution in [0.5, 0.6) is 0 Å². The van der Waals surface area contributed by atoms with E-state index in [1.165, 1.54) is 23.1 Å². The van der Waals surface area contributed by atoms with Crippen molar-refractivity contribution in [3.8, 4) is 0 Å². The van der Waals surface area contributed by atoms with E-state index in [0.717, 1.165) is 16.3 Å². The van der Waals surface area contributed by atoms with Crippen LogP contribution in [0.1, 0.15) is 64.0 Å². The zero-order valence-electron chi connectivity index (χ0n) is 30.6. The lowest BCUT2D eigenvalue weighted by Crippen LogP contribution is -2.56. The Kier molecular flexibility index (Phi) is 11.4. The topological polar surface area (TPSA) is 206 Å². The highest BCUT2D eigenvalue weighted by Crippen LogP contribution is 2.57. The molecule has 3 fully saturated rings. The van der Waals surface area contributed by atoms with Crippen LogP contribution in [0.3, 0.4) is 0 Å². The maximum Gasteiger partial charge on any atom is 0.410 e. The maximum absolute atomic E-state index is 14.4. The predicted molar refractivity (Wildman–Crippen MR) is 191 cm³/mol. The minimum Gasteiger partial charge on any atom is -0.444 e. The molecular weight excluding hydrogens is 750 g/mol. The summed E-state index contributed by atoms with van der Waals surface area (Å²) in [7, 11) is -6.91. The van der Waals surface area contributed by atoms with Crippen LogP contribution in [-0.4, -0.2) is 110 Å². The van der Waals surface area contributed by atoms with E-state index in [4.69, 9.17) is 9.47 Å². The number of carbonyl (C=O) groups excluding carboxylic acids is 5. The molecule has 1 unspecified atom stereocenters. The molecule has 4 aliphatic rings. The van der Waals surface area contributed by atoms with Crippen LogP contribution in [0, 0.1) is 17.2 Å². The number of nitrogens with zero attached hydrogens (tertiary/aromatic N) is 3. The summed E-state index contributed by atoms with van der Waals surface area (Å²) in [4.78, 5) is 70.7. The van der Waals surface area contributed by atoms with Crippen LogP contribution in [0.4, 0.5) is 14.0 Å². The Morgan fingerprint density at radius 1 is 1.11 bits per heavy atom. The lowest BCUT2D eigenvalue weighted by Gasteiger charge is -2.31. The molecule has 54 heavy (non-hydrogen) atoms. The first-order valence-corrected chi connectivity index (χ1v) is 20.5. The van der Waals surface area contributed by atoms with Crippen LogP contribution >= 0.6 is 0 Å². The maximum atomic E-state index is 14.4. The van der Waals surface area contributed by atoms with E-state index < -0.39 is 109 Å². The Balaban J connectivity index is 1.42. The van der Waals surface area contributed by atoms with Gasteiger partial charge in [-0.15, -0.1) is 6.58 Å². The molecule has 19 heteroatoms. The first kappa shape index (κ1) is 40.8. The number of nitrogens with one attached hydrogen (secondary N) is 2. The molecule has 0 aromatic heterocycles. The quantitative estimate of drug-likeness (QED) is 0.262. The van der Waals surface area contributed by atoms with Gasteiger partial charge in [0.1, 0.15) is 23.6 Å². The summed E-state index contributed by atoms with van der Waals surface area (Å²) in [6.45, 7) is 10.7. The van der Waals surface area contributed by atoms with Gasteiger partial charge in [-0.25, -0.2) is 30.8 Å². The lowest BCUT2D eigenvalue weighted by molar-refractivity contribution is -0.140. The molecule has 1 aromatic rings. The van der Waals surface area contributed by atoms with Gasteiger partial charge in [0, 0.05) is 44.0 Å². The van der Waals surface area contributed by atoms with E-state index in [2.05, 4.69) is 23.2 Å². The molecule has 2 saturated carbocycles. The van der Waals surface area contributed by atoms with Crippen LogP contribution in [-0.2, 0) is 57.0 Å². The molecule has 5 rings (SSSR count). The number of fused-ring (bicyclic) bond motifs is 1. The largest absolute Gasteiger partial charge is 0.444 e. The Morgan fingerprint density at radius 3 is 2.37 bits per heavy atom. The van der Waals surface area contributed by atoms with Gasteiger partial charge >= 0.3 is 12.2 Å². The number of hydrogen-bond acceptors (Lipinski definition) is 11. The second kappa shape index (κ2) is 15.1. The average Bonchev–Trinajstić information content (AvgIpc) is 3.97. The number of carbonyl (C=O) groups is 5. The number of Topliss-reactive ketones (excluding diaryl/α,β-unsaturated/α-hetero) is 1. The summed E-state index contributed by atoms with van der Waals surface area (Å²) in [5.41, 5.74) is -1.56. The molecular formula is C35H46FN5O11S2. The fourth-order valence-electron chi connectivity index (χ4n) is 6.79. The number of hydrogen-bond donors (Lipinski definition) is 2. The zero-order chi connectivity index (χ0) is 40.0. The molecule has 1 saturated heterocycles. The number of halogens is 1. The first-order chi connectivity index (χ1) is 25.1. The number of ether oxygens (including phenoxy) is 2. The predicted octanol–water partition coefficient (Wildman–Crippen LogP) is 2.31.